The first kappa shape index (κ1) is 16.0. The predicted molar refractivity (Wildman–Crippen MR) is 87.3 cm³/mol. The Balaban J connectivity index is 1.84. The van der Waals surface area contributed by atoms with Gasteiger partial charge in [0.2, 0.25) is 0 Å². The minimum atomic E-state index is 0.459. The van der Waals surface area contributed by atoms with Gasteiger partial charge in [-0.05, 0) is 50.4 Å². The van der Waals surface area contributed by atoms with Crippen LogP contribution in [0.4, 0.5) is 0 Å². The number of rotatable bonds is 6. The molecule has 0 aliphatic heterocycles. The van der Waals surface area contributed by atoms with Gasteiger partial charge < -0.3 is 0 Å². The second-order valence-electron chi connectivity index (χ2n) is 6.95. The molecule has 1 atom stereocenters. The van der Waals surface area contributed by atoms with Crippen LogP contribution >= 0.6 is 0 Å². The van der Waals surface area contributed by atoms with E-state index in [1.165, 1.54) is 77.0 Å². The monoisotopic (exact) mass is 278 g/mol. The van der Waals surface area contributed by atoms with Crippen LogP contribution in [0.2, 0.25) is 0 Å². The molecule has 3 N–H and O–H groups in total. The van der Waals surface area contributed by atoms with Crippen molar-refractivity contribution < 1.29 is 0 Å². The molecule has 0 aromatic carbocycles. The van der Waals surface area contributed by atoms with Crippen LogP contribution in [0.1, 0.15) is 84.0 Å². The van der Waals surface area contributed by atoms with Crippen molar-refractivity contribution in [2.75, 3.05) is 0 Å². The van der Waals surface area contributed by atoms with Crippen molar-refractivity contribution in [3.05, 3.63) is 11.6 Å². The average Bonchev–Trinajstić information content (AvgIpc) is 2.76. The van der Waals surface area contributed by atoms with E-state index in [0.29, 0.717) is 6.04 Å². The lowest BCUT2D eigenvalue weighted by atomic mass is 9.75. The largest absolute Gasteiger partial charge is 0.271 e. The second kappa shape index (κ2) is 8.84. The Hall–Kier alpha value is -0.340. The van der Waals surface area contributed by atoms with Crippen LogP contribution in [0.25, 0.3) is 0 Å². The van der Waals surface area contributed by atoms with Crippen LogP contribution < -0.4 is 11.3 Å². The molecule has 0 spiro atoms. The number of hydrogen-bond donors (Lipinski definition) is 2. The molecule has 0 aromatic rings. The molecule has 2 nitrogen and oxygen atoms in total. The molecule has 0 bridgehead atoms. The van der Waals surface area contributed by atoms with Crippen molar-refractivity contribution in [1.29, 1.82) is 0 Å². The predicted octanol–water partition coefficient (Wildman–Crippen LogP) is 4.71. The van der Waals surface area contributed by atoms with Gasteiger partial charge in [-0.15, -0.1) is 0 Å². The first-order valence-electron chi connectivity index (χ1n) is 9.00. The summed E-state index contributed by atoms with van der Waals surface area (Å²) in [4.78, 5) is 0. The minimum absolute atomic E-state index is 0.459. The van der Waals surface area contributed by atoms with Crippen molar-refractivity contribution in [3.8, 4) is 0 Å². The zero-order valence-electron chi connectivity index (χ0n) is 13.4. The third-order valence-corrected chi connectivity index (χ3v) is 5.48. The Bertz CT molecular complexity index is 290. The summed E-state index contributed by atoms with van der Waals surface area (Å²) in [6.45, 7) is 2.30. The number of hydrazine groups is 1. The topological polar surface area (TPSA) is 38.0 Å². The van der Waals surface area contributed by atoms with E-state index < -0.39 is 0 Å². The lowest BCUT2D eigenvalue weighted by molar-refractivity contribution is 0.225. The van der Waals surface area contributed by atoms with Crippen molar-refractivity contribution in [3.63, 3.8) is 0 Å². The van der Waals surface area contributed by atoms with Gasteiger partial charge in [0, 0.05) is 6.04 Å². The summed E-state index contributed by atoms with van der Waals surface area (Å²) in [5.74, 6) is 7.68. The maximum Gasteiger partial charge on any atom is 0.0447 e. The fraction of sp³-hybridized carbons (Fsp3) is 0.889. The number of nitrogens with two attached hydrogens (primary N) is 1. The molecule has 2 heteroatoms. The fourth-order valence-corrected chi connectivity index (χ4v) is 4.17. The summed E-state index contributed by atoms with van der Waals surface area (Å²) in [6, 6.07) is 0.459. The standard InChI is InChI=1S/C18H34N2/c1-2-3-8-15-11-13-17(14-12-15)18(20-19)16-9-6-4-5-7-10-16/h9,15,17-18,20H,2-8,10-14,19H2,1H3. The average molecular weight is 278 g/mol. The van der Waals surface area contributed by atoms with Gasteiger partial charge in [0.05, 0.1) is 0 Å². The molecule has 0 saturated heterocycles. The molecule has 1 unspecified atom stereocenters. The molecule has 116 valence electrons. The third kappa shape index (κ3) is 4.60. The van der Waals surface area contributed by atoms with Crippen LogP contribution in [0, 0.1) is 11.8 Å². The van der Waals surface area contributed by atoms with Gasteiger partial charge in [-0.25, -0.2) is 0 Å². The van der Waals surface area contributed by atoms with Crippen molar-refractivity contribution >= 4 is 0 Å². The Morgan fingerprint density at radius 2 is 2.00 bits per heavy atom. The number of allylic oxidation sites excluding steroid dienone is 1. The molecule has 1 fully saturated rings. The Morgan fingerprint density at radius 1 is 1.20 bits per heavy atom. The summed E-state index contributed by atoms with van der Waals surface area (Å²) in [6.07, 6.45) is 18.9. The van der Waals surface area contributed by atoms with Gasteiger partial charge in [0.15, 0.2) is 0 Å². The van der Waals surface area contributed by atoms with Crippen LogP contribution in [-0.4, -0.2) is 6.04 Å². The van der Waals surface area contributed by atoms with E-state index >= 15 is 0 Å². The molecule has 2 rings (SSSR count). The molecule has 2 aliphatic carbocycles. The highest BCUT2D eigenvalue weighted by molar-refractivity contribution is 5.14. The molecule has 0 amide bonds. The van der Waals surface area contributed by atoms with Crippen molar-refractivity contribution in [2.45, 2.75) is 90.0 Å². The lowest BCUT2D eigenvalue weighted by Crippen LogP contribution is -2.43. The van der Waals surface area contributed by atoms with E-state index in [1.807, 2.05) is 0 Å². The molecule has 2 aliphatic rings. The zero-order chi connectivity index (χ0) is 14.2. The highest BCUT2D eigenvalue weighted by Gasteiger charge is 2.28. The molecule has 0 heterocycles. The first-order valence-corrected chi connectivity index (χ1v) is 9.00. The van der Waals surface area contributed by atoms with E-state index in [4.69, 9.17) is 5.84 Å². The summed E-state index contributed by atoms with van der Waals surface area (Å²) in [5, 5.41) is 0. The quantitative estimate of drug-likeness (QED) is 0.419. The van der Waals surface area contributed by atoms with E-state index in [1.54, 1.807) is 5.57 Å². The van der Waals surface area contributed by atoms with Gasteiger partial charge >= 0.3 is 0 Å². The lowest BCUT2D eigenvalue weighted by Gasteiger charge is -2.35. The maximum atomic E-state index is 5.91. The third-order valence-electron chi connectivity index (χ3n) is 5.48. The van der Waals surface area contributed by atoms with E-state index in [2.05, 4.69) is 18.4 Å². The number of nitrogens with one attached hydrogen (secondary N) is 1. The smallest absolute Gasteiger partial charge is 0.0447 e. The van der Waals surface area contributed by atoms with Crippen molar-refractivity contribution in [2.24, 2.45) is 17.7 Å². The molecule has 1 saturated carbocycles. The zero-order valence-corrected chi connectivity index (χ0v) is 13.4. The maximum absolute atomic E-state index is 5.91. The summed E-state index contributed by atoms with van der Waals surface area (Å²) < 4.78 is 0. The Kier molecular flexibility index (Phi) is 7.09. The first-order chi connectivity index (χ1) is 9.85. The van der Waals surface area contributed by atoms with Gasteiger partial charge in [0.1, 0.15) is 0 Å². The minimum Gasteiger partial charge on any atom is -0.271 e. The van der Waals surface area contributed by atoms with Crippen LogP contribution in [0.15, 0.2) is 11.6 Å². The number of unbranched alkanes of at least 4 members (excludes halogenated alkanes) is 1. The molecular weight excluding hydrogens is 244 g/mol. The van der Waals surface area contributed by atoms with Crippen LogP contribution in [0.3, 0.4) is 0 Å². The van der Waals surface area contributed by atoms with Gasteiger partial charge in [-0.1, -0.05) is 57.1 Å². The summed E-state index contributed by atoms with van der Waals surface area (Å²) >= 11 is 0. The van der Waals surface area contributed by atoms with Crippen LogP contribution in [0.5, 0.6) is 0 Å². The van der Waals surface area contributed by atoms with Gasteiger partial charge in [-0.2, -0.15) is 0 Å². The summed E-state index contributed by atoms with van der Waals surface area (Å²) in [7, 11) is 0. The second-order valence-corrected chi connectivity index (χ2v) is 6.95. The van der Waals surface area contributed by atoms with Crippen LogP contribution in [-0.2, 0) is 0 Å². The normalized spacial score (nSPS) is 29.6. The van der Waals surface area contributed by atoms with E-state index in [9.17, 15) is 0 Å². The Labute approximate surface area is 125 Å². The van der Waals surface area contributed by atoms with E-state index in [-0.39, 0.29) is 0 Å². The molecular formula is C18H34N2. The molecule has 0 aromatic heterocycles. The SMILES string of the molecule is CCCCC1CCC(C(NN)C2=CCCCCC2)CC1. The fourth-order valence-electron chi connectivity index (χ4n) is 4.17. The highest BCUT2D eigenvalue weighted by atomic mass is 15.2. The van der Waals surface area contributed by atoms with Gasteiger partial charge in [0.25, 0.3) is 0 Å². The van der Waals surface area contributed by atoms with Gasteiger partial charge in [-0.3, -0.25) is 11.3 Å². The summed E-state index contributed by atoms with van der Waals surface area (Å²) in [5.41, 5.74) is 4.77. The van der Waals surface area contributed by atoms with Crippen molar-refractivity contribution in [1.82, 2.24) is 5.43 Å². The Morgan fingerprint density at radius 3 is 2.70 bits per heavy atom. The molecule has 20 heavy (non-hydrogen) atoms. The number of hydrogen-bond acceptors (Lipinski definition) is 2. The van der Waals surface area contributed by atoms with E-state index in [0.717, 1.165) is 11.8 Å². The molecule has 0 radical (unpaired) electrons. The highest BCUT2D eigenvalue weighted by Crippen LogP contribution is 2.36.